The third kappa shape index (κ3) is 4.49. The molecule has 1 aromatic carbocycles. The highest BCUT2D eigenvalue weighted by atomic mass is 16.2. The molecule has 3 rings (SSSR count). The fourth-order valence-electron chi connectivity index (χ4n) is 4.30. The van der Waals surface area contributed by atoms with E-state index in [-0.39, 0.29) is 23.8 Å². The van der Waals surface area contributed by atoms with Crippen LogP contribution in [-0.4, -0.2) is 47.2 Å². The third-order valence-corrected chi connectivity index (χ3v) is 5.78. The fourth-order valence-corrected chi connectivity index (χ4v) is 4.30. The fraction of sp³-hybridized carbons (Fsp3) is 0.571. The Morgan fingerprint density at radius 3 is 2.56 bits per heavy atom. The number of nitrogens with two attached hydrogens (primary N) is 1. The second-order valence-corrected chi connectivity index (χ2v) is 7.78. The number of likely N-dealkylation sites (tertiary alicyclic amines) is 1. The van der Waals surface area contributed by atoms with E-state index in [1.807, 2.05) is 11.0 Å². The SMILES string of the molecule is CN(Cc1cccc(C(N)=O)c1)C(=O)C1CCCN1C(=O)C1CCCCC1. The van der Waals surface area contributed by atoms with Crippen LogP contribution < -0.4 is 5.73 Å². The Balaban J connectivity index is 1.65. The van der Waals surface area contributed by atoms with Gasteiger partial charge in [-0.05, 0) is 43.4 Å². The normalized spacial score (nSPS) is 20.5. The van der Waals surface area contributed by atoms with Gasteiger partial charge in [0.25, 0.3) is 0 Å². The lowest BCUT2D eigenvalue weighted by atomic mass is 9.88. The van der Waals surface area contributed by atoms with Crippen LogP contribution in [0.1, 0.15) is 60.9 Å². The summed E-state index contributed by atoms with van der Waals surface area (Å²) < 4.78 is 0. The molecule has 1 aliphatic heterocycles. The Kier molecular flexibility index (Phi) is 6.14. The maximum absolute atomic E-state index is 13.0. The van der Waals surface area contributed by atoms with Crippen molar-refractivity contribution in [2.75, 3.05) is 13.6 Å². The van der Waals surface area contributed by atoms with Crippen molar-refractivity contribution < 1.29 is 14.4 Å². The lowest BCUT2D eigenvalue weighted by Gasteiger charge is -2.32. The van der Waals surface area contributed by atoms with Crippen LogP contribution in [0.2, 0.25) is 0 Å². The standard InChI is InChI=1S/C21H29N3O3/c1-23(14-15-7-5-10-17(13-15)19(22)25)21(27)18-11-6-12-24(18)20(26)16-8-3-2-4-9-16/h5,7,10,13,16,18H,2-4,6,8-9,11-12,14H2,1H3,(H2,22,25). The van der Waals surface area contributed by atoms with E-state index < -0.39 is 5.91 Å². The van der Waals surface area contributed by atoms with Crippen LogP contribution in [0.3, 0.4) is 0 Å². The highest BCUT2D eigenvalue weighted by molar-refractivity contribution is 5.93. The molecular weight excluding hydrogens is 342 g/mol. The van der Waals surface area contributed by atoms with Crippen molar-refractivity contribution in [2.24, 2.45) is 11.7 Å². The minimum absolute atomic E-state index is 0.0267. The van der Waals surface area contributed by atoms with Crippen LogP contribution in [0.5, 0.6) is 0 Å². The van der Waals surface area contributed by atoms with Crippen molar-refractivity contribution in [1.82, 2.24) is 9.80 Å². The van der Waals surface area contributed by atoms with Gasteiger partial charge in [0.2, 0.25) is 17.7 Å². The molecule has 1 aromatic rings. The third-order valence-electron chi connectivity index (χ3n) is 5.78. The van der Waals surface area contributed by atoms with Gasteiger partial charge in [-0.3, -0.25) is 14.4 Å². The summed E-state index contributed by atoms with van der Waals surface area (Å²) in [5.74, 6) is -0.258. The van der Waals surface area contributed by atoms with Crippen LogP contribution >= 0.6 is 0 Å². The quantitative estimate of drug-likeness (QED) is 0.862. The van der Waals surface area contributed by atoms with E-state index in [0.717, 1.165) is 44.1 Å². The first-order chi connectivity index (χ1) is 13.0. The largest absolute Gasteiger partial charge is 0.366 e. The van der Waals surface area contributed by atoms with Gasteiger partial charge in [-0.2, -0.15) is 0 Å². The van der Waals surface area contributed by atoms with E-state index in [1.165, 1.54) is 6.42 Å². The highest BCUT2D eigenvalue weighted by Gasteiger charge is 2.38. The zero-order valence-corrected chi connectivity index (χ0v) is 16.0. The summed E-state index contributed by atoms with van der Waals surface area (Å²) in [5.41, 5.74) is 6.62. The van der Waals surface area contributed by atoms with Crippen LogP contribution in [0.15, 0.2) is 24.3 Å². The van der Waals surface area contributed by atoms with Gasteiger partial charge in [0, 0.05) is 31.6 Å². The molecule has 1 heterocycles. The molecule has 0 aromatic heterocycles. The Hall–Kier alpha value is -2.37. The summed E-state index contributed by atoms with van der Waals surface area (Å²) in [6.07, 6.45) is 6.93. The maximum Gasteiger partial charge on any atom is 0.248 e. The first kappa shape index (κ1) is 19.4. The molecule has 6 nitrogen and oxygen atoms in total. The van der Waals surface area contributed by atoms with Crippen LogP contribution in [-0.2, 0) is 16.1 Å². The van der Waals surface area contributed by atoms with Crippen molar-refractivity contribution in [2.45, 2.75) is 57.5 Å². The summed E-state index contributed by atoms with van der Waals surface area (Å²) >= 11 is 0. The summed E-state index contributed by atoms with van der Waals surface area (Å²) in [6, 6.07) is 6.66. The van der Waals surface area contributed by atoms with Gasteiger partial charge in [-0.25, -0.2) is 0 Å². The van der Waals surface area contributed by atoms with E-state index in [4.69, 9.17) is 5.73 Å². The number of likely N-dealkylation sites (N-methyl/N-ethyl adjacent to an activating group) is 1. The highest BCUT2D eigenvalue weighted by Crippen LogP contribution is 2.29. The number of nitrogens with zero attached hydrogens (tertiary/aromatic N) is 2. The number of hydrogen-bond acceptors (Lipinski definition) is 3. The van der Waals surface area contributed by atoms with Gasteiger partial charge in [0.1, 0.15) is 6.04 Å². The lowest BCUT2D eigenvalue weighted by molar-refractivity contribution is -0.146. The molecule has 1 saturated heterocycles. The van der Waals surface area contributed by atoms with E-state index in [0.29, 0.717) is 18.7 Å². The number of benzene rings is 1. The lowest BCUT2D eigenvalue weighted by Crippen LogP contribution is -2.48. The number of primary amides is 1. The molecule has 1 aliphatic carbocycles. The van der Waals surface area contributed by atoms with Gasteiger partial charge in [0.05, 0.1) is 0 Å². The van der Waals surface area contributed by atoms with Crippen molar-refractivity contribution in [3.05, 3.63) is 35.4 Å². The van der Waals surface area contributed by atoms with Crippen molar-refractivity contribution in [3.8, 4) is 0 Å². The van der Waals surface area contributed by atoms with Crippen molar-refractivity contribution in [1.29, 1.82) is 0 Å². The predicted octanol–water partition coefficient (Wildman–Crippen LogP) is 2.32. The number of hydrogen-bond donors (Lipinski definition) is 1. The second kappa shape index (κ2) is 8.55. The van der Waals surface area contributed by atoms with E-state index in [9.17, 15) is 14.4 Å². The number of carbonyl (C=O) groups excluding carboxylic acids is 3. The number of amides is 3. The summed E-state index contributed by atoms with van der Waals surface area (Å²) in [4.78, 5) is 40.7. The predicted molar refractivity (Wildman–Crippen MR) is 103 cm³/mol. The molecule has 146 valence electrons. The molecule has 2 fully saturated rings. The summed E-state index contributed by atoms with van der Waals surface area (Å²) in [5, 5.41) is 0. The first-order valence-electron chi connectivity index (χ1n) is 9.91. The zero-order chi connectivity index (χ0) is 19.4. The van der Waals surface area contributed by atoms with Crippen molar-refractivity contribution in [3.63, 3.8) is 0 Å². The topological polar surface area (TPSA) is 83.7 Å². The van der Waals surface area contributed by atoms with Crippen LogP contribution in [0.4, 0.5) is 0 Å². The molecule has 0 bridgehead atoms. The first-order valence-corrected chi connectivity index (χ1v) is 9.91. The molecule has 6 heteroatoms. The Labute approximate surface area is 160 Å². The van der Waals surface area contributed by atoms with Gasteiger partial charge >= 0.3 is 0 Å². The summed E-state index contributed by atoms with van der Waals surface area (Å²) in [6.45, 7) is 1.07. The second-order valence-electron chi connectivity index (χ2n) is 7.78. The van der Waals surface area contributed by atoms with Gasteiger partial charge in [-0.1, -0.05) is 31.4 Å². The molecule has 1 unspecified atom stereocenters. The van der Waals surface area contributed by atoms with Crippen molar-refractivity contribution >= 4 is 17.7 Å². The van der Waals surface area contributed by atoms with Crippen LogP contribution in [0.25, 0.3) is 0 Å². The molecule has 2 N–H and O–H groups in total. The van der Waals surface area contributed by atoms with E-state index in [1.54, 1.807) is 30.1 Å². The Morgan fingerprint density at radius 1 is 1.11 bits per heavy atom. The molecule has 0 radical (unpaired) electrons. The van der Waals surface area contributed by atoms with E-state index in [2.05, 4.69) is 0 Å². The smallest absolute Gasteiger partial charge is 0.248 e. The minimum Gasteiger partial charge on any atom is -0.366 e. The Morgan fingerprint density at radius 2 is 1.85 bits per heavy atom. The monoisotopic (exact) mass is 371 g/mol. The molecular formula is C21H29N3O3. The van der Waals surface area contributed by atoms with Crippen LogP contribution in [0, 0.1) is 5.92 Å². The average Bonchev–Trinajstić information content (AvgIpc) is 3.17. The molecule has 1 atom stereocenters. The molecule has 2 aliphatic rings. The Bertz CT molecular complexity index is 712. The van der Waals surface area contributed by atoms with Gasteiger partial charge < -0.3 is 15.5 Å². The average molecular weight is 371 g/mol. The summed E-state index contributed by atoms with van der Waals surface area (Å²) in [7, 11) is 1.75. The van der Waals surface area contributed by atoms with Gasteiger partial charge in [-0.15, -0.1) is 0 Å². The number of rotatable bonds is 5. The van der Waals surface area contributed by atoms with E-state index >= 15 is 0 Å². The number of carbonyl (C=O) groups is 3. The minimum atomic E-state index is -0.481. The van der Waals surface area contributed by atoms with Gasteiger partial charge in [0.15, 0.2) is 0 Å². The molecule has 27 heavy (non-hydrogen) atoms. The maximum atomic E-state index is 13.0. The molecule has 0 spiro atoms. The zero-order valence-electron chi connectivity index (χ0n) is 16.0. The molecule has 1 saturated carbocycles. The molecule has 3 amide bonds.